The lowest BCUT2D eigenvalue weighted by Crippen LogP contribution is -1.91. The van der Waals surface area contributed by atoms with Crippen molar-refractivity contribution in [2.24, 2.45) is 0 Å². The van der Waals surface area contributed by atoms with Gasteiger partial charge in [0.15, 0.2) is 0 Å². The summed E-state index contributed by atoms with van der Waals surface area (Å²) in [5.41, 5.74) is 18.3. The van der Waals surface area contributed by atoms with E-state index >= 15 is 0 Å². The van der Waals surface area contributed by atoms with Crippen molar-refractivity contribution in [1.29, 1.82) is 0 Å². The maximum Gasteiger partial charge on any atom is 0.0547 e. The van der Waals surface area contributed by atoms with Crippen molar-refractivity contribution in [2.75, 3.05) is 17.2 Å². The van der Waals surface area contributed by atoms with Gasteiger partial charge in [0.05, 0.1) is 11.4 Å². The lowest BCUT2D eigenvalue weighted by atomic mass is 10.3. The molecule has 0 fully saturated rings. The van der Waals surface area contributed by atoms with E-state index in [1.165, 1.54) is 0 Å². The fraction of sp³-hybridized carbons (Fsp3) is 0. The van der Waals surface area contributed by atoms with Crippen LogP contribution in [0.2, 0.25) is 0 Å². The van der Waals surface area contributed by atoms with Crippen LogP contribution in [0, 0.1) is 0 Å². The van der Waals surface area contributed by atoms with Gasteiger partial charge < -0.3 is 17.2 Å². The molecule has 0 saturated heterocycles. The molecule has 0 heterocycles. The molecule has 0 saturated carbocycles. The standard InChI is InChI=1S/C6H8N2.C6H7NS/c2*7-5-3-1-2-4-6(5)8/h1-4H,7-8H2;1-4,8H,7H2. The Balaban J connectivity index is 0.000000160. The van der Waals surface area contributed by atoms with Crippen LogP contribution in [0.4, 0.5) is 17.1 Å². The third-order valence-electron chi connectivity index (χ3n) is 1.93. The van der Waals surface area contributed by atoms with Gasteiger partial charge in [-0.1, -0.05) is 24.3 Å². The second-order valence-corrected chi connectivity index (χ2v) is 3.67. The second-order valence-electron chi connectivity index (χ2n) is 3.19. The number of hydrogen-bond acceptors (Lipinski definition) is 4. The van der Waals surface area contributed by atoms with E-state index in [9.17, 15) is 0 Å². The van der Waals surface area contributed by atoms with Crippen molar-refractivity contribution >= 4 is 29.7 Å². The molecule has 2 aromatic rings. The quantitative estimate of drug-likeness (QED) is 0.417. The van der Waals surface area contributed by atoms with Gasteiger partial charge in [-0.3, -0.25) is 0 Å². The molecule has 0 amide bonds. The molecule has 0 aliphatic rings. The number of hydrogen-bond donors (Lipinski definition) is 4. The van der Waals surface area contributed by atoms with Crippen LogP contribution in [0.15, 0.2) is 53.4 Å². The summed E-state index contributed by atoms with van der Waals surface area (Å²) >= 11 is 4.07. The Kier molecular flexibility index (Phi) is 4.54. The molecule has 6 N–H and O–H groups in total. The predicted molar refractivity (Wildman–Crippen MR) is 73.4 cm³/mol. The summed E-state index contributed by atoms with van der Waals surface area (Å²) in [5, 5.41) is 0. The average Bonchev–Trinajstić information content (AvgIpc) is 2.28. The second kappa shape index (κ2) is 5.92. The molecular formula is C12H15N3S. The van der Waals surface area contributed by atoms with E-state index in [4.69, 9.17) is 17.2 Å². The summed E-state index contributed by atoms with van der Waals surface area (Å²) < 4.78 is 0. The molecule has 0 radical (unpaired) electrons. The molecule has 16 heavy (non-hydrogen) atoms. The highest BCUT2D eigenvalue weighted by molar-refractivity contribution is 7.80. The zero-order valence-corrected chi connectivity index (χ0v) is 9.69. The predicted octanol–water partition coefficient (Wildman–Crippen LogP) is 2.41. The van der Waals surface area contributed by atoms with Gasteiger partial charge in [0.1, 0.15) is 0 Å². The fourth-order valence-electron chi connectivity index (χ4n) is 0.998. The number of rotatable bonds is 0. The Morgan fingerprint density at radius 3 is 1.25 bits per heavy atom. The van der Waals surface area contributed by atoms with E-state index in [1.54, 1.807) is 12.1 Å². The minimum absolute atomic E-state index is 0.646. The summed E-state index contributed by atoms with van der Waals surface area (Å²) in [6.07, 6.45) is 0. The van der Waals surface area contributed by atoms with Gasteiger partial charge in [-0.2, -0.15) is 0 Å². The average molecular weight is 233 g/mol. The minimum atomic E-state index is 0.646. The van der Waals surface area contributed by atoms with E-state index in [2.05, 4.69) is 12.6 Å². The van der Waals surface area contributed by atoms with E-state index in [1.807, 2.05) is 36.4 Å². The first-order chi connectivity index (χ1) is 7.61. The molecule has 0 bridgehead atoms. The number of para-hydroxylation sites is 3. The van der Waals surface area contributed by atoms with Gasteiger partial charge in [0.25, 0.3) is 0 Å². The summed E-state index contributed by atoms with van der Waals surface area (Å²) in [7, 11) is 0. The Hall–Kier alpha value is -1.81. The summed E-state index contributed by atoms with van der Waals surface area (Å²) in [6, 6.07) is 14.7. The van der Waals surface area contributed by atoms with E-state index in [0.717, 1.165) is 10.6 Å². The molecule has 4 heteroatoms. The Bertz CT molecular complexity index is 372. The molecule has 2 aromatic carbocycles. The molecule has 0 unspecified atom stereocenters. The van der Waals surface area contributed by atoms with Crippen LogP contribution in [0.25, 0.3) is 0 Å². The summed E-state index contributed by atoms with van der Waals surface area (Å²) in [4.78, 5) is 0.840. The van der Waals surface area contributed by atoms with Crippen molar-refractivity contribution in [2.45, 2.75) is 4.90 Å². The van der Waals surface area contributed by atoms with Gasteiger partial charge in [-0.15, -0.1) is 12.6 Å². The lowest BCUT2D eigenvalue weighted by molar-refractivity contribution is 1.48. The maximum absolute atomic E-state index is 5.44. The highest BCUT2D eigenvalue weighted by atomic mass is 32.1. The zero-order valence-electron chi connectivity index (χ0n) is 8.80. The minimum Gasteiger partial charge on any atom is -0.398 e. The van der Waals surface area contributed by atoms with Gasteiger partial charge in [-0.25, -0.2) is 0 Å². The van der Waals surface area contributed by atoms with Crippen LogP contribution in [0.5, 0.6) is 0 Å². The smallest absolute Gasteiger partial charge is 0.0547 e. The molecule has 3 nitrogen and oxygen atoms in total. The highest BCUT2D eigenvalue weighted by Gasteiger charge is 1.86. The van der Waals surface area contributed by atoms with Crippen LogP contribution < -0.4 is 17.2 Å². The normalized spacial score (nSPS) is 9.06. The van der Waals surface area contributed by atoms with Crippen molar-refractivity contribution in [3.05, 3.63) is 48.5 Å². The first kappa shape index (κ1) is 12.3. The number of anilines is 3. The summed E-state index contributed by atoms with van der Waals surface area (Å²) in [6.45, 7) is 0. The van der Waals surface area contributed by atoms with Crippen LogP contribution >= 0.6 is 12.6 Å². The van der Waals surface area contributed by atoms with Crippen LogP contribution in [0.3, 0.4) is 0 Å². The summed E-state index contributed by atoms with van der Waals surface area (Å²) in [5.74, 6) is 0. The first-order valence-corrected chi connectivity index (χ1v) is 5.19. The highest BCUT2D eigenvalue weighted by Crippen LogP contribution is 2.13. The zero-order chi connectivity index (χ0) is 12.0. The van der Waals surface area contributed by atoms with E-state index < -0.39 is 0 Å². The molecule has 0 aliphatic carbocycles. The maximum atomic E-state index is 5.44. The molecule has 0 aliphatic heterocycles. The van der Waals surface area contributed by atoms with Crippen LogP contribution in [-0.4, -0.2) is 0 Å². The molecule has 84 valence electrons. The van der Waals surface area contributed by atoms with Crippen molar-refractivity contribution in [1.82, 2.24) is 0 Å². The number of thiol groups is 1. The number of nitrogen functional groups attached to an aromatic ring is 3. The van der Waals surface area contributed by atoms with E-state index in [0.29, 0.717) is 11.4 Å². The monoisotopic (exact) mass is 233 g/mol. The third-order valence-corrected chi connectivity index (χ3v) is 2.34. The van der Waals surface area contributed by atoms with Crippen molar-refractivity contribution < 1.29 is 0 Å². The van der Waals surface area contributed by atoms with Crippen LogP contribution in [0.1, 0.15) is 0 Å². The van der Waals surface area contributed by atoms with Gasteiger partial charge in [0, 0.05) is 10.6 Å². The molecule has 0 spiro atoms. The topological polar surface area (TPSA) is 78.1 Å². The number of nitrogens with two attached hydrogens (primary N) is 3. The Labute approximate surface area is 101 Å². The van der Waals surface area contributed by atoms with E-state index in [-0.39, 0.29) is 0 Å². The fourth-order valence-corrected chi connectivity index (χ4v) is 1.16. The van der Waals surface area contributed by atoms with Crippen molar-refractivity contribution in [3.8, 4) is 0 Å². The molecule has 2 rings (SSSR count). The third kappa shape index (κ3) is 3.74. The van der Waals surface area contributed by atoms with Gasteiger partial charge in [0.2, 0.25) is 0 Å². The Morgan fingerprint density at radius 1 is 0.625 bits per heavy atom. The SMILES string of the molecule is Nc1ccccc1N.Nc1ccccc1S. The van der Waals surface area contributed by atoms with Crippen molar-refractivity contribution in [3.63, 3.8) is 0 Å². The largest absolute Gasteiger partial charge is 0.398 e. The molecule has 0 atom stereocenters. The molecule has 0 aromatic heterocycles. The van der Waals surface area contributed by atoms with Crippen LogP contribution in [-0.2, 0) is 0 Å². The molecular weight excluding hydrogens is 218 g/mol. The first-order valence-electron chi connectivity index (χ1n) is 4.74. The lowest BCUT2D eigenvalue weighted by Gasteiger charge is -1.94. The number of benzene rings is 2. The van der Waals surface area contributed by atoms with Gasteiger partial charge in [-0.05, 0) is 24.3 Å². The Morgan fingerprint density at radius 2 is 1.00 bits per heavy atom. The van der Waals surface area contributed by atoms with Gasteiger partial charge >= 0.3 is 0 Å².